The van der Waals surface area contributed by atoms with Gasteiger partial charge in [0, 0.05) is 42.3 Å². The van der Waals surface area contributed by atoms with Crippen LogP contribution < -0.4 is 4.74 Å². The highest BCUT2D eigenvalue weighted by Crippen LogP contribution is 2.39. The Hall–Kier alpha value is -3.31. The zero-order valence-corrected chi connectivity index (χ0v) is 20.6. The lowest BCUT2D eigenvalue weighted by molar-refractivity contribution is 0.157. The first-order valence-corrected chi connectivity index (χ1v) is 11.8. The van der Waals surface area contributed by atoms with Gasteiger partial charge in [0.1, 0.15) is 11.6 Å². The van der Waals surface area contributed by atoms with Crippen LogP contribution in [0.4, 0.5) is 9.18 Å². The Morgan fingerprint density at radius 3 is 2.35 bits per heavy atom. The number of hydrogen-bond donors (Lipinski definition) is 0. The monoisotopic (exact) mass is 478 g/mol. The molecule has 0 saturated heterocycles. The molecular weight excluding hydrogens is 451 g/mol. The highest BCUT2D eigenvalue weighted by atomic mass is 35.5. The predicted molar refractivity (Wildman–Crippen MR) is 136 cm³/mol. The van der Waals surface area contributed by atoms with E-state index in [2.05, 4.69) is 36.6 Å². The van der Waals surface area contributed by atoms with Crippen LogP contribution in [0.3, 0.4) is 0 Å². The molecular formula is C28H28ClFN2O2. The minimum atomic E-state index is -0.494. The van der Waals surface area contributed by atoms with Gasteiger partial charge in [0.25, 0.3) is 0 Å². The lowest BCUT2D eigenvalue weighted by Gasteiger charge is -2.20. The fourth-order valence-corrected chi connectivity index (χ4v) is 4.60. The molecule has 176 valence electrons. The summed E-state index contributed by atoms with van der Waals surface area (Å²) in [6.45, 7) is 9.79. The van der Waals surface area contributed by atoms with Crippen LogP contribution in [0.25, 0.3) is 22.0 Å². The highest BCUT2D eigenvalue weighted by molar-refractivity contribution is 6.31. The lowest BCUT2D eigenvalue weighted by atomic mass is 10.0. The lowest BCUT2D eigenvalue weighted by Crippen LogP contribution is -2.33. The van der Waals surface area contributed by atoms with Crippen LogP contribution in [0.2, 0.25) is 5.02 Å². The number of hydrogen-bond acceptors (Lipinski definition) is 2. The molecule has 34 heavy (non-hydrogen) atoms. The molecule has 1 aromatic heterocycles. The van der Waals surface area contributed by atoms with Crippen molar-refractivity contribution in [2.75, 3.05) is 13.1 Å². The second-order valence-corrected chi connectivity index (χ2v) is 8.89. The summed E-state index contributed by atoms with van der Waals surface area (Å²) in [5.41, 5.74) is 6.02. The Balaban J connectivity index is 1.84. The quantitative estimate of drug-likeness (QED) is 0.286. The molecule has 0 radical (unpaired) electrons. The van der Waals surface area contributed by atoms with Crippen LogP contribution in [-0.4, -0.2) is 28.6 Å². The fraction of sp³-hybridized carbons (Fsp3) is 0.250. The Labute approximate surface area is 204 Å². The van der Waals surface area contributed by atoms with Crippen molar-refractivity contribution in [3.8, 4) is 16.9 Å². The zero-order chi connectivity index (χ0) is 24.4. The predicted octanol–water partition coefficient (Wildman–Crippen LogP) is 7.61. The summed E-state index contributed by atoms with van der Waals surface area (Å²) in [7, 11) is 0. The van der Waals surface area contributed by atoms with E-state index < -0.39 is 11.9 Å². The van der Waals surface area contributed by atoms with Gasteiger partial charge >= 0.3 is 6.09 Å². The molecule has 0 aliphatic rings. The molecule has 4 rings (SSSR count). The van der Waals surface area contributed by atoms with Crippen molar-refractivity contribution in [3.63, 3.8) is 0 Å². The van der Waals surface area contributed by atoms with Gasteiger partial charge in [0.15, 0.2) is 0 Å². The molecule has 0 atom stereocenters. The van der Waals surface area contributed by atoms with Crippen molar-refractivity contribution in [1.29, 1.82) is 0 Å². The first-order chi connectivity index (χ1) is 16.3. The van der Waals surface area contributed by atoms with Crippen molar-refractivity contribution in [1.82, 2.24) is 9.47 Å². The summed E-state index contributed by atoms with van der Waals surface area (Å²) < 4.78 is 21.9. The Kier molecular flexibility index (Phi) is 6.94. The molecule has 4 aromatic rings. The van der Waals surface area contributed by atoms with Crippen LogP contribution in [0.1, 0.15) is 30.5 Å². The van der Waals surface area contributed by atoms with E-state index in [-0.39, 0.29) is 5.02 Å². The third-order valence-electron chi connectivity index (χ3n) is 5.98. The number of fused-ring (bicyclic) bond motifs is 1. The van der Waals surface area contributed by atoms with Gasteiger partial charge in [-0.3, -0.25) is 0 Å². The Morgan fingerprint density at radius 2 is 1.71 bits per heavy atom. The molecule has 0 aliphatic heterocycles. The molecule has 0 bridgehead atoms. The van der Waals surface area contributed by atoms with Crippen molar-refractivity contribution in [2.45, 2.75) is 34.2 Å². The fourth-order valence-electron chi connectivity index (χ4n) is 4.42. The third-order valence-corrected chi connectivity index (χ3v) is 6.27. The minimum Gasteiger partial charge on any atom is -0.410 e. The number of halogens is 2. The largest absolute Gasteiger partial charge is 0.415 e. The van der Waals surface area contributed by atoms with Gasteiger partial charge < -0.3 is 14.2 Å². The summed E-state index contributed by atoms with van der Waals surface area (Å²) in [5, 5.41) is 0.919. The van der Waals surface area contributed by atoms with Gasteiger partial charge in [0.05, 0.1) is 5.02 Å². The number of carbonyl (C=O) groups excluding carboxylic acids is 1. The molecule has 1 amide bonds. The number of aryl methyl sites for hydroxylation is 2. The third kappa shape index (κ3) is 4.80. The van der Waals surface area contributed by atoms with E-state index >= 15 is 0 Å². The van der Waals surface area contributed by atoms with E-state index in [1.807, 2.05) is 32.2 Å². The van der Waals surface area contributed by atoms with Gasteiger partial charge in [-0.05, 0) is 69.2 Å². The Bertz CT molecular complexity index is 1340. The van der Waals surface area contributed by atoms with Crippen molar-refractivity contribution >= 4 is 28.6 Å². The SMILES string of the molecule is CCN(CC)C(=O)Oc1ccc2c(ccn2Cc2cc(C)cc(C)c2)c1-c1ccc(F)c(Cl)c1. The van der Waals surface area contributed by atoms with Crippen molar-refractivity contribution in [3.05, 3.63) is 88.3 Å². The molecule has 0 saturated carbocycles. The van der Waals surface area contributed by atoms with Gasteiger partial charge in [-0.15, -0.1) is 0 Å². The summed E-state index contributed by atoms with van der Waals surface area (Å²) >= 11 is 6.11. The first kappa shape index (κ1) is 23.8. The minimum absolute atomic E-state index is 0.0187. The van der Waals surface area contributed by atoms with Crippen LogP contribution >= 0.6 is 11.6 Å². The van der Waals surface area contributed by atoms with Crippen LogP contribution in [0.15, 0.2) is 60.8 Å². The van der Waals surface area contributed by atoms with Crippen LogP contribution in [0, 0.1) is 19.7 Å². The number of amides is 1. The molecule has 0 unspecified atom stereocenters. The van der Waals surface area contributed by atoms with Crippen LogP contribution in [-0.2, 0) is 6.54 Å². The van der Waals surface area contributed by atoms with Gasteiger partial charge in [-0.25, -0.2) is 9.18 Å². The van der Waals surface area contributed by atoms with Crippen molar-refractivity contribution in [2.24, 2.45) is 0 Å². The van der Waals surface area contributed by atoms with Gasteiger partial charge in [-0.1, -0.05) is 47.0 Å². The molecule has 0 aliphatic carbocycles. The maximum absolute atomic E-state index is 13.9. The number of benzene rings is 3. The highest BCUT2D eigenvalue weighted by Gasteiger charge is 2.20. The number of rotatable bonds is 6. The maximum atomic E-state index is 13.9. The van der Waals surface area contributed by atoms with Crippen molar-refractivity contribution < 1.29 is 13.9 Å². The summed E-state index contributed by atoms with van der Waals surface area (Å²) in [6, 6.07) is 16.8. The standard InChI is InChI=1S/C28H28ClFN2O2/c1-5-31(6-2)28(33)34-26-10-9-25-22(27(26)21-7-8-24(30)23(29)16-21)11-12-32(25)17-20-14-18(3)13-19(4)15-20/h7-16H,5-6,17H2,1-4H3. The summed E-state index contributed by atoms with van der Waals surface area (Å²) in [4.78, 5) is 14.3. The topological polar surface area (TPSA) is 34.5 Å². The average molecular weight is 479 g/mol. The molecule has 0 spiro atoms. The summed E-state index contributed by atoms with van der Waals surface area (Å²) in [6.07, 6.45) is 1.60. The summed E-state index contributed by atoms with van der Waals surface area (Å²) in [5.74, 6) is -0.0807. The maximum Gasteiger partial charge on any atom is 0.415 e. The van der Waals surface area contributed by atoms with Crippen LogP contribution in [0.5, 0.6) is 5.75 Å². The van der Waals surface area contributed by atoms with E-state index in [4.69, 9.17) is 16.3 Å². The molecule has 0 N–H and O–H groups in total. The van der Waals surface area contributed by atoms with E-state index in [9.17, 15) is 9.18 Å². The number of nitrogens with zero attached hydrogens (tertiary/aromatic N) is 2. The molecule has 1 heterocycles. The first-order valence-electron chi connectivity index (χ1n) is 11.4. The Morgan fingerprint density at radius 1 is 1.00 bits per heavy atom. The number of aromatic nitrogens is 1. The second kappa shape index (κ2) is 9.90. The van der Waals surface area contributed by atoms with Gasteiger partial charge in [-0.2, -0.15) is 0 Å². The molecule has 3 aromatic carbocycles. The zero-order valence-electron chi connectivity index (χ0n) is 19.9. The van der Waals surface area contributed by atoms with Gasteiger partial charge in [0.2, 0.25) is 0 Å². The van der Waals surface area contributed by atoms with E-state index in [1.54, 1.807) is 23.1 Å². The van der Waals surface area contributed by atoms with E-state index in [0.717, 1.165) is 10.9 Å². The second-order valence-electron chi connectivity index (χ2n) is 8.48. The van der Waals surface area contributed by atoms with E-state index in [0.29, 0.717) is 36.5 Å². The normalized spacial score (nSPS) is 11.1. The molecule has 6 heteroatoms. The molecule has 0 fully saturated rings. The average Bonchev–Trinajstić information content (AvgIpc) is 3.18. The van der Waals surface area contributed by atoms with E-state index in [1.165, 1.54) is 22.8 Å². The molecule has 4 nitrogen and oxygen atoms in total. The number of carbonyl (C=O) groups is 1. The number of ether oxygens (including phenoxy) is 1. The smallest absolute Gasteiger partial charge is 0.410 e.